The number of carbonyl (C=O) groups excluding carboxylic acids is 1. The summed E-state index contributed by atoms with van der Waals surface area (Å²) >= 11 is 0. The monoisotopic (exact) mass is 358 g/mol. The van der Waals surface area contributed by atoms with Crippen LogP contribution in [0.3, 0.4) is 0 Å². The Hall–Kier alpha value is -2.73. The molecule has 2 aromatic rings. The minimum absolute atomic E-state index is 0.0920. The zero-order valence-electron chi connectivity index (χ0n) is 15.7. The molecule has 0 radical (unpaired) electrons. The molecular weight excluding hydrogens is 332 g/mol. The van der Waals surface area contributed by atoms with Gasteiger partial charge in [0.25, 0.3) is 0 Å². The van der Waals surface area contributed by atoms with Gasteiger partial charge in [0.2, 0.25) is 5.91 Å². The van der Waals surface area contributed by atoms with E-state index < -0.39 is 0 Å². The van der Waals surface area contributed by atoms with E-state index in [9.17, 15) is 4.79 Å². The maximum Gasteiger partial charge on any atom is 0.238 e. The highest BCUT2D eigenvalue weighted by atomic mass is 16.5. The van der Waals surface area contributed by atoms with Crippen molar-refractivity contribution >= 4 is 11.6 Å². The standard InChI is InChI=1S/C20H26N2O4/c1-5-26-17-9-6-15(7-10-17)13-22(2)14-20(23)21-16-8-11-18(24-3)19(12-16)25-4/h6-12H,5,13-14H2,1-4H3,(H,21,23). The van der Waals surface area contributed by atoms with Crippen LogP contribution in [-0.2, 0) is 11.3 Å². The number of ether oxygens (including phenoxy) is 3. The number of nitrogens with one attached hydrogen (secondary N) is 1. The number of methoxy groups -OCH3 is 2. The summed E-state index contributed by atoms with van der Waals surface area (Å²) in [6.07, 6.45) is 0. The van der Waals surface area contributed by atoms with Gasteiger partial charge in [-0.25, -0.2) is 0 Å². The Balaban J connectivity index is 1.88. The molecule has 0 fully saturated rings. The molecule has 0 aliphatic rings. The molecule has 1 amide bonds. The lowest BCUT2D eigenvalue weighted by atomic mass is 10.2. The van der Waals surface area contributed by atoms with E-state index >= 15 is 0 Å². The average Bonchev–Trinajstić information content (AvgIpc) is 2.63. The lowest BCUT2D eigenvalue weighted by molar-refractivity contribution is -0.117. The Morgan fingerprint density at radius 1 is 1.04 bits per heavy atom. The zero-order valence-corrected chi connectivity index (χ0v) is 15.7. The molecular formula is C20H26N2O4. The summed E-state index contributed by atoms with van der Waals surface area (Å²) < 4.78 is 15.9. The van der Waals surface area contributed by atoms with Gasteiger partial charge in [-0.2, -0.15) is 0 Å². The second kappa shape index (κ2) is 9.68. The van der Waals surface area contributed by atoms with Crippen LogP contribution in [0.4, 0.5) is 5.69 Å². The van der Waals surface area contributed by atoms with Crippen molar-refractivity contribution in [2.75, 3.05) is 39.7 Å². The van der Waals surface area contributed by atoms with Crippen molar-refractivity contribution in [1.82, 2.24) is 4.90 Å². The molecule has 0 bridgehead atoms. The van der Waals surface area contributed by atoms with E-state index in [1.807, 2.05) is 43.1 Å². The van der Waals surface area contributed by atoms with Crippen LogP contribution >= 0.6 is 0 Å². The first-order chi connectivity index (χ1) is 12.5. The molecule has 6 nitrogen and oxygen atoms in total. The predicted molar refractivity (Wildman–Crippen MR) is 102 cm³/mol. The molecule has 0 heterocycles. The minimum Gasteiger partial charge on any atom is -0.494 e. The molecule has 6 heteroatoms. The Kier molecular flexibility index (Phi) is 7.29. The van der Waals surface area contributed by atoms with Crippen molar-refractivity contribution in [3.05, 3.63) is 48.0 Å². The Bertz CT molecular complexity index is 716. The van der Waals surface area contributed by atoms with E-state index in [1.54, 1.807) is 32.4 Å². The highest BCUT2D eigenvalue weighted by Crippen LogP contribution is 2.29. The van der Waals surface area contributed by atoms with Gasteiger partial charge in [0.15, 0.2) is 11.5 Å². The smallest absolute Gasteiger partial charge is 0.238 e. The number of hydrogen-bond acceptors (Lipinski definition) is 5. The summed E-state index contributed by atoms with van der Waals surface area (Å²) in [4.78, 5) is 14.2. The van der Waals surface area contributed by atoms with E-state index in [0.29, 0.717) is 30.3 Å². The average molecular weight is 358 g/mol. The van der Waals surface area contributed by atoms with Crippen molar-refractivity contribution in [2.45, 2.75) is 13.5 Å². The molecule has 1 N–H and O–H groups in total. The lowest BCUT2D eigenvalue weighted by Crippen LogP contribution is -2.29. The molecule has 0 aliphatic heterocycles. The van der Waals surface area contributed by atoms with Gasteiger partial charge in [0, 0.05) is 18.3 Å². The summed E-state index contributed by atoms with van der Waals surface area (Å²) in [5, 5.41) is 2.87. The number of carbonyl (C=O) groups is 1. The second-order valence-electron chi connectivity index (χ2n) is 5.87. The van der Waals surface area contributed by atoms with Crippen molar-refractivity contribution in [3.8, 4) is 17.2 Å². The van der Waals surface area contributed by atoms with Crippen molar-refractivity contribution in [2.24, 2.45) is 0 Å². The first kappa shape index (κ1) is 19.6. The minimum atomic E-state index is -0.0920. The van der Waals surface area contributed by atoms with Crippen LogP contribution in [0.15, 0.2) is 42.5 Å². The molecule has 0 saturated carbocycles. The molecule has 2 aromatic carbocycles. The van der Waals surface area contributed by atoms with E-state index in [0.717, 1.165) is 11.3 Å². The quantitative estimate of drug-likeness (QED) is 0.746. The largest absolute Gasteiger partial charge is 0.494 e. The summed E-state index contributed by atoms with van der Waals surface area (Å²) in [6.45, 7) is 3.56. The molecule has 2 rings (SSSR count). The normalized spacial score (nSPS) is 10.5. The number of hydrogen-bond donors (Lipinski definition) is 1. The Morgan fingerprint density at radius 2 is 1.73 bits per heavy atom. The van der Waals surface area contributed by atoms with Gasteiger partial charge < -0.3 is 19.5 Å². The summed E-state index contributed by atoms with van der Waals surface area (Å²) in [6, 6.07) is 13.2. The summed E-state index contributed by atoms with van der Waals surface area (Å²) in [5.74, 6) is 1.96. The number of likely N-dealkylation sites (N-methyl/N-ethyl adjacent to an activating group) is 1. The summed E-state index contributed by atoms with van der Waals surface area (Å²) in [5.41, 5.74) is 1.79. The van der Waals surface area contributed by atoms with E-state index in [-0.39, 0.29) is 12.5 Å². The van der Waals surface area contributed by atoms with E-state index in [4.69, 9.17) is 14.2 Å². The topological polar surface area (TPSA) is 60.0 Å². The highest BCUT2D eigenvalue weighted by Gasteiger charge is 2.10. The Morgan fingerprint density at radius 3 is 2.35 bits per heavy atom. The van der Waals surface area contributed by atoms with Gasteiger partial charge in [-0.05, 0) is 43.8 Å². The van der Waals surface area contributed by atoms with Crippen molar-refractivity contribution in [3.63, 3.8) is 0 Å². The molecule has 0 atom stereocenters. The van der Waals surface area contributed by atoms with Crippen molar-refractivity contribution < 1.29 is 19.0 Å². The first-order valence-corrected chi connectivity index (χ1v) is 8.47. The fourth-order valence-electron chi connectivity index (χ4n) is 2.58. The third-order valence-electron chi connectivity index (χ3n) is 3.77. The number of nitrogens with zero attached hydrogens (tertiary/aromatic N) is 1. The van der Waals surface area contributed by atoms with Crippen molar-refractivity contribution in [1.29, 1.82) is 0 Å². The molecule has 0 spiro atoms. The number of rotatable bonds is 9. The van der Waals surface area contributed by atoms with Crippen LogP contribution in [0.5, 0.6) is 17.2 Å². The fourth-order valence-corrected chi connectivity index (χ4v) is 2.58. The van der Waals surface area contributed by atoms with Gasteiger partial charge >= 0.3 is 0 Å². The number of anilines is 1. The van der Waals surface area contributed by atoms with Crippen LogP contribution in [-0.4, -0.2) is 45.2 Å². The van der Waals surface area contributed by atoms with Gasteiger partial charge in [-0.15, -0.1) is 0 Å². The molecule has 26 heavy (non-hydrogen) atoms. The lowest BCUT2D eigenvalue weighted by Gasteiger charge is -2.17. The third kappa shape index (κ3) is 5.67. The molecule has 0 aliphatic carbocycles. The zero-order chi connectivity index (χ0) is 18.9. The van der Waals surface area contributed by atoms with Crippen LogP contribution in [0.1, 0.15) is 12.5 Å². The van der Waals surface area contributed by atoms with Gasteiger partial charge in [-0.1, -0.05) is 12.1 Å². The first-order valence-electron chi connectivity index (χ1n) is 8.47. The molecule has 0 aromatic heterocycles. The van der Waals surface area contributed by atoms with Gasteiger partial charge in [0.05, 0.1) is 27.4 Å². The van der Waals surface area contributed by atoms with Crippen LogP contribution in [0.2, 0.25) is 0 Å². The highest BCUT2D eigenvalue weighted by molar-refractivity contribution is 5.92. The van der Waals surface area contributed by atoms with E-state index in [2.05, 4.69) is 5.32 Å². The van der Waals surface area contributed by atoms with Crippen LogP contribution in [0, 0.1) is 0 Å². The maximum atomic E-state index is 12.3. The van der Waals surface area contributed by atoms with Gasteiger partial charge in [0.1, 0.15) is 5.75 Å². The number of amides is 1. The van der Waals surface area contributed by atoms with Crippen LogP contribution < -0.4 is 19.5 Å². The second-order valence-corrected chi connectivity index (χ2v) is 5.87. The third-order valence-corrected chi connectivity index (χ3v) is 3.77. The van der Waals surface area contributed by atoms with Crippen LogP contribution in [0.25, 0.3) is 0 Å². The summed E-state index contributed by atoms with van der Waals surface area (Å²) in [7, 11) is 5.05. The molecule has 0 unspecified atom stereocenters. The fraction of sp³-hybridized carbons (Fsp3) is 0.350. The van der Waals surface area contributed by atoms with Gasteiger partial charge in [-0.3, -0.25) is 9.69 Å². The number of benzene rings is 2. The predicted octanol–water partition coefficient (Wildman–Crippen LogP) is 3.17. The SMILES string of the molecule is CCOc1ccc(CN(C)CC(=O)Nc2ccc(OC)c(OC)c2)cc1. The maximum absolute atomic E-state index is 12.3. The Labute approximate surface area is 154 Å². The molecule has 140 valence electrons. The molecule has 0 saturated heterocycles. The van der Waals surface area contributed by atoms with E-state index in [1.165, 1.54) is 0 Å².